The zero-order valence-corrected chi connectivity index (χ0v) is 23.6. The third-order valence-electron chi connectivity index (χ3n) is 6.88. The summed E-state index contributed by atoms with van der Waals surface area (Å²) in [4.78, 5) is 14.7. The Morgan fingerprint density at radius 1 is 1.05 bits per heavy atom. The van der Waals surface area contributed by atoms with Crippen molar-refractivity contribution in [2.45, 2.75) is 45.3 Å². The lowest BCUT2D eigenvalue weighted by Gasteiger charge is -2.36. The highest BCUT2D eigenvalue weighted by molar-refractivity contribution is 5.97. The molecule has 1 saturated heterocycles. The first-order valence-electron chi connectivity index (χ1n) is 13.5. The summed E-state index contributed by atoms with van der Waals surface area (Å²) in [6.45, 7) is 5.73. The van der Waals surface area contributed by atoms with Crippen LogP contribution < -0.4 is 19.5 Å². The number of nitrogens with zero attached hydrogens (tertiary/aromatic N) is 7. The van der Waals surface area contributed by atoms with E-state index in [2.05, 4.69) is 30.5 Å². The standard InChI is InChI=1S/C29H30F2N8O3/c1-17(2)40-22-8-6-20-26(27(22)42-23-9-10-38(4)13-29(23,30)31)28(33-14-32-20)36-19-5-7-21(18(3)11-19)41-25-12-24-37-35-16-39(24)15-34-25/h5-8,11-12,14-17,23H,9-10,13H2,1-4H3,(H,32,33,36). The van der Waals surface area contributed by atoms with Crippen LogP contribution in [0.4, 0.5) is 20.3 Å². The number of benzene rings is 2. The van der Waals surface area contributed by atoms with Crippen molar-refractivity contribution in [2.24, 2.45) is 0 Å². The second kappa shape index (κ2) is 11.0. The summed E-state index contributed by atoms with van der Waals surface area (Å²) >= 11 is 0. The Bertz CT molecular complexity index is 1750. The van der Waals surface area contributed by atoms with Crippen molar-refractivity contribution in [2.75, 3.05) is 25.5 Å². The molecule has 11 nitrogen and oxygen atoms in total. The number of hydrogen-bond acceptors (Lipinski definition) is 10. The topological polar surface area (TPSA) is 112 Å². The molecule has 3 aromatic heterocycles. The van der Waals surface area contributed by atoms with Crippen LogP contribution in [0, 0.1) is 6.92 Å². The average molecular weight is 577 g/mol. The van der Waals surface area contributed by atoms with Gasteiger partial charge in [-0.15, -0.1) is 10.2 Å². The zero-order valence-electron chi connectivity index (χ0n) is 23.6. The lowest BCUT2D eigenvalue weighted by molar-refractivity contribution is -0.135. The second-order valence-corrected chi connectivity index (χ2v) is 10.6. The average Bonchev–Trinajstić information content (AvgIpc) is 3.40. The maximum atomic E-state index is 15.1. The first kappa shape index (κ1) is 27.5. The number of piperidine rings is 1. The van der Waals surface area contributed by atoms with Crippen LogP contribution >= 0.6 is 0 Å². The highest BCUT2D eigenvalue weighted by Crippen LogP contribution is 2.43. The summed E-state index contributed by atoms with van der Waals surface area (Å²) in [5.41, 5.74) is 2.67. The molecule has 1 aliphatic rings. The molecule has 0 saturated carbocycles. The fourth-order valence-corrected chi connectivity index (χ4v) is 4.90. The Balaban J connectivity index is 1.33. The Hall–Kier alpha value is -4.65. The number of anilines is 2. The van der Waals surface area contributed by atoms with Gasteiger partial charge in [0.05, 0.1) is 23.6 Å². The van der Waals surface area contributed by atoms with E-state index in [4.69, 9.17) is 14.2 Å². The van der Waals surface area contributed by atoms with Crippen molar-refractivity contribution >= 4 is 28.1 Å². The van der Waals surface area contributed by atoms with Crippen molar-refractivity contribution < 1.29 is 23.0 Å². The third kappa shape index (κ3) is 5.59. The summed E-state index contributed by atoms with van der Waals surface area (Å²) < 4.78 is 49.9. The summed E-state index contributed by atoms with van der Waals surface area (Å²) in [6.07, 6.45) is 3.18. The van der Waals surface area contributed by atoms with Crippen LogP contribution in [-0.2, 0) is 0 Å². The minimum atomic E-state index is -3.05. The molecule has 0 aliphatic carbocycles. The first-order valence-corrected chi connectivity index (χ1v) is 13.5. The molecule has 13 heteroatoms. The van der Waals surface area contributed by atoms with Gasteiger partial charge < -0.3 is 24.4 Å². The molecule has 6 rings (SSSR count). The lowest BCUT2D eigenvalue weighted by atomic mass is 10.0. The first-order chi connectivity index (χ1) is 20.2. The second-order valence-electron chi connectivity index (χ2n) is 10.6. The van der Waals surface area contributed by atoms with E-state index in [1.807, 2.05) is 32.9 Å². The largest absolute Gasteiger partial charge is 0.487 e. The van der Waals surface area contributed by atoms with Crippen LogP contribution in [0.15, 0.2) is 55.4 Å². The highest BCUT2D eigenvalue weighted by Gasteiger charge is 2.46. The number of nitrogens with one attached hydrogen (secondary N) is 1. The molecule has 4 heterocycles. The molecular weight excluding hydrogens is 546 g/mol. The van der Waals surface area contributed by atoms with E-state index < -0.39 is 12.0 Å². The minimum absolute atomic E-state index is 0.164. The summed E-state index contributed by atoms with van der Waals surface area (Å²) in [5, 5.41) is 11.6. The normalized spacial score (nSPS) is 17.1. The van der Waals surface area contributed by atoms with Crippen molar-refractivity contribution in [1.82, 2.24) is 34.4 Å². The fourth-order valence-electron chi connectivity index (χ4n) is 4.90. The van der Waals surface area contributed by atoms with Gasteiger partial charge in [-0.05, 0) is 63.7 Å². The zero-order chi connectivity index (χ0) is 29.4. The molecule has 218 valence electrons. The predicted octanol–water partition coefficient (Wildman–Crippen LogP) is 5.42. The SMILES string of the molecule is Cc1cc(Nc2ncnc3ccc(OC(C)C)c(OC4CCN(C)CC4(F)F)c23)ccc1Oc1cc2nncn2cn1. The molecule has 1 N–H and O–H groups in total. The molecule has 5 aromatic rings. The molecule has 2 aromatic carbocycles. The van der Waals surface area contributed by atoms with Crippen LogP contribution in [-0.4, -0.2) is 72.7 Å². The summed E-state index contributed by atoms with van der Waals surface area (Å²) in [5.74, 6) is -1.13. The molecule has 0 spiro atoms. The van der Waals surface area contributed by atoms with E-state index in [1.165, 1.54) is 6.33 Å². The Labute approximate surface area is 240 Å². The van der Waals surface area contributed by atoms with E-state index >= 15 is 8.78 Å². The van der Waals surface area contributed by atoms with Crippen molar-refractivity contribution in [3.8, 4) is 23.1 Å². The molecular formula is C29H30F2N8O3. The van der Waals surface area contributed by atoms with Gasteiger partial charge >= 0.3 is 0 Å². The van der Waals surface area contributed by atoms with Gasteiger partial charge in [-0.1, -0.05) is 0 Å². The Kier molecular flexibility index (Phi) is 7.19. The molecule has 1 atom stereocenters. The molecule has 1 fully saturated rings. The maximum absolute atomic E-state index is 15.1. The number of aryl methyl sites for hydroxylation is 1. The van der Waals surface area contributed by atoms with E-state index in [1.54, 1.807) is 53.3 Å². The third-order valence-corrected chi connectivity index (χ3v) is 6.88. The number of hydrogen-bond donors (Lipinski definition) is 1. The number of alkyl halides is 2. The van der Waals surface area contributed by atoms with E-state index in [-0.39, 0.29) is 24.8 Å². The van der Waals surface area contributed by atoms with Crippen molar-refractivity contribution in [3.05, 3.63) is 60.9 Å². The summed E-state index contributed by atoms with van der Waals surface area (Å²) in [7, 11) is 1.68. The Morgan fingerprint density at radius 3 is 2.67 bits per heavy atom. The quantitative estimate of drug-likeness (QED) is 0.257. The van der Waals surface area contributed by atoms with Gasteiger partial charge in [-0.25, -0.2) is 23.7 Å². The predicted molar refractivity (Wildman–Crippen MR) is 152 cm³/mol. The van der Waals surface area contributed by atoms with Crippen LogP contribution in [0.5, 0.6) is 23.1 Å². The molecule has 0 radical (unpaired) electrons. The van der Waals surface area contributed by atoms with Gasteiger partial charge in [0.25, 0.3) is 5.92 Å². The number of rotatable bonds is 8. The van der Waals surface area contributed by atoms with E-state index in [0.717, 1.165) is 5.56 Å². The van der Waals surface area contributed by atoms with Gasteiger partial charge in [-0.2, -0.15) is 0 Å². The number of fused-ring (bicyclic) bond motifs is 2. The fraction of sp³-hybridized carbons (Fsp3) is 0.345. The smallest absolute Gasteiger partial charge is 0.296 e. The van der Waals surface area contributed by atoms with Crippen LogP contribution in [0.3, 0.4) is 0 Å². The van der Waals surface area contributed by atoms with Gasteiger partial charge in [-0.3, -0.25) is 4.40 Å². The van der Waals surface area contributed by atoms with Crippen LogP contribution in [0.1, 0.15) is 25.8 Å². The van der Waals surface area contributed by atoms with Gasteiger partial charge in [0, 0.05) is 24.7 Å². The number of likely N-dealkylation sites (tertiary alicyclic amines) is 1. The highest BCUT2D eigenvalue weighted by atomic mass is 19.3. The lowest BCUT2D eigenvalue weighted by Crippen LogP contribution is -2.52. The Morgan fingerprint density at radius 2 is 1.88 bits per heavy atom. The molecule has 0 bridgehead atoms. The van der Waals surface area contributed by atoms with E-state index in [0.29, 0.717) is 52.0 Å². The van der Waals surface area contributed by atoms with Gasteiger partial charge in [0.15, 0.2) is 23.3 Å². The molecule has 1 aliphatic heterocycles. The molecule has 0 amide bonds. The number of ether oxygens (including phenoxy) is 3. The number of aromatic nitrogens is 6. The molecule has 42 heavy (non-hydrogen) atoms. The van der Waals surface area contributed by atoms with Crippen LogP contribution in [0.25, 0.3) is 16.6 Å². The van der Waals surface area contributed by atoms with Gasteiger partial charge in [0.2, 0.25) is 5.88 Å². The minimum Gasteiger partial charge on any atom is -0.487 e. The maximum Gasteiger partial charge on any atom is 0.296 e. The number of halogens is 2. The van der Waals surface area contributed by atoms with Crippen LogP contribution in [0.2, 0.25) is 0 Å². The van der Waals surface area contributed by atoms with E-state index in [9.17, 15) is 0 Å². The summed E-state index contributed by atoms with van der Waals surface area (Å²) in [6, 6.07) is 10.7. The molecule has 1 unspecified atom stereocenters. The van der Waals surface area contributed by atoms with Gasteiger partial charge in [0.1, 0.15) is 30.5 Å². The van der Waals surface area contributed by atoms with Crippen molar-refractivity contribution in [3.63, 3.8) is 0 Å². The van der Waals surface area contributed by atoms with Crippen molar-refractivity contribution in [1.29, 1.82) is 0 Å². The monoisotopic (exact) mass is 576 g/mol.